The Morgan fingerprint density at radius 1 is 0.933 bits per heavy atom. The number of hydrogen-bond donors (Lipinski definition) is 1. The lowest BCUT2D eigenvalue weighted by molar-refractivity contribution is -0.143. The van der Waals surface area contributed by atoms with Crippen molar-refractivity contribution in [2.24, 2.45) is 18.7 Å². The molecule has 1 aliphatic rings. The predicted molar refractivity (Wildman–Crippen MR) is 140 cm³/mol. The number of primary amides is 1. The molecule has 2 N–H and O–H groups in total. The zero-order valence-electron chi connectivity index (χ0n) is 23.8. The summed E-state index contributed by atoms with van der Waals surface area (Å²) < 4.78 is 129. The molecule has 0 bridgehead atoms. The molecule has 3 aromatic rings. The lowest BCUT2D eigenvalue weighted by atomic mass is 9.85. The minimum atomic E-state index is -5.12. The number of rotatable bonds is 8. The van der Waals surface area contributed by atoms with Crippen LogP contribution in [0.3, 0.4) is 0 Å². The number of amides is 2. The van der Waals surface area contributed by atoms with Gasteiger partial charge in [0.05, 0.1) is 29.8 Å². The van der Waals surface area contributed by atoms with Gasteiger partial charge in [-0.25, -0.2) is 4.79 Å². The molecule has 2 aromatic carbocycles. The van der Waals surface area contributed by atoms with Crippen LogP contribution in [0.1, 0.15) is 52.3 Å². The number of benzene rings is 2. The predicted octanol–water partition coefficient (Wildman–Crippen LogP) is 5.95. The van der Waals surface area contributed by atoms with Crippen molar-refractivity contribution in [1.82, 2.24) is 25.1 Å². The summed E-state index contributed by atoms with van der Waals surface area (Å²) in [6.07, 6.45) is -15.0. The minimum absolute atomic E-state index is 0.0180. The molecule has 1 fully saturated rings. The largest absolute Gasteiger partial charge is 0.416 e. The Kier molecular flexibility index (Phi) is 9.56. The van der Waals surface area contributed by atoms with E-state index in [-0.39, 0.29) is 36.6 Å². The Hall–Kier alpha value is -4.09. The Morgan fingerprint density at radius 2 is 1.51 bits per heavy atom. The van der Waals surface area contributed by atoms with E-state index in [0.29, 0.717) is 30.5 Å². The van der Waals surface area contributed by atoms with Gasteiger partial charge in [-0.15, -0.1) is 5.10 Å². The van der Waals surface area contributed by atoms with E-state index in [1.54, 1.807) is 0 Å². The summed E-state index contributed by atoms with van der Waals surface area (Å²) in [5, 5.41) is 11.5. The highest BCUT2D eigenvalue weighted by Crippen LogP contribution is 2.40. The first kappa shape index (κ1) is 33.8. The fraction of sp³-hybridized carbons (Fsp3) is 0.481. The molecule has 1 atom stereocenters. The average Bonchev–Trinajstić information content (AvgIpc) is 3.38. The van der Waals surface area contributed by atoms with Gasteiger partial charge in [-0.2, -0.15) is 44.3 Å². The topological polar surface area (TPSA) is 102 Å². The van der Waals surface area contributed by atoms with Crippen molar-refractivity contribution in [2.75, 3.05) is 25.1 Å². The van der Waals surface area contributed by atoms with Crippen molar-refractivity contribution < 1.29 is 49.0 Å². The zero-order chi connectivity index (χ0) is 33.3. The zero-order valence-corrected chi connectivity index (χ0v) is 23.8. The number of halogens is 9. The van der Waals surface area contributed by atoms with Crippen molar-refractivity contribution in [3.8, 4) is 0 Å². The summed E-state index contributed by atoms with van der Waals surface area (Å²) in [6, 6.07) is 3.33. The van der Waals surface area contributed by atoms with Gasteiger partial charge in [-0.1, -0.05) is 11.2 Å². The van der Waals surface area contributed by atoms with Crippen molar-refractivity contribution in [3.63, 3.8) is 0 Å². The summed E-state index contributed by atoms with van der Waals surface area (Å²) in [7, 11) is 2.71. The number of carbonyl (C=O) groups is 1. The van der Waals surface area contributed by atoms with E-state index < -0.39 is 66.0 Å². The van der Waals surface area contributed by atoms with E-state index in [1.165, 1.54) is 25.1 Å². The Bertz CT molecular complexity index is 1460. The van der Waals surface area contributed by atoms with Crippen LogP contribution in [0.2, 0.25) is 0 Å². The minimum Gasteiger partial charge on any atom is -0.376 e. The Balaban J connectivity index is 1.79. The van der Waals surface area contributed by atoms with Gasteiger partial charge >= 0.3 is 24.6 Å². The van der Waals surface area contributed by atoms with Gasteiger partial charge in [0.1, 0.15) is 0 Å². The molecule has 45 heavy (non-hydrogen) atoms. The van der Waals surface area contributed by atoms with Crippen LogP contribution in [0, 0.1) is 5.92 Å². The number of ether oxygens (including phenoxy) is 1. The lowest BCUT2D eigenvalue weighted by Crippen LogP contribution is -2.42. The summed E-state index contributed by atoms with van der Waals surface area (Å²) >= 11 is 0. The second kappa shape index (κ2) is 12.7. The average molecular weight is 654 g/mol. The molecule has 2 amide bonds. The number of urea groups is 1. The van der Waals surface area contributed by atoms with Crippen LogP contribution in [-0.4, -0.2) is 51.3 Å². The van der Waals surface area contributed by atoms with Crippen LogP contribution >= 0.6 is 0 Å². The van der Waals surface area contributed by atoms with Crippen LogP contribution in [0.5, 0.6) is 0 Å². The number of methoxy groups -OCH3 is 1. The molecule has 2 heterocycles. The molecule has 9 nitrogen and oxygen atoms in total. The second-order valence-electron chi connectivity index (χ2n) is 10.6. The number of piperidine rings is 1. The number of anilines is 1. The first-order valence-corrected chi connectivity index (χ1v) is 13.4. The van der Waals surface area contributed by atoms with Crippen molar-refractivity contribution in [1.29, 1.82) is 0 Å². The molecule has 0 spiro atoms. The van der Waals surface area contributed by atoms with Gasteiger partial charge in [0.15, 0.2) is 0 Å². The molecule has 0 radical (unpaired) electrons. The molecule has 1 saturated heterocycles. The molecular formula is C27H28F9N7O2. The number of alkyl halides is 9. The number of nitrogens with zero attached hydrogens (tertiary/aromatic N) is 6. The number of carbonyl (C=O) groups excluding carboxylic acids is 1. The first-order valence-electron chi connectivity index (χ1n) is 13.4. The van der Waals surface area contributed by atoms with E-state index in [0.717, 1.165) is 21.8 Å². The first-order chi connectivity index (χ1) is 20.9. The number of nitrogens with two attached hydrogens (primary N) is 1. The summed E-state index contributed by atoms with van der Waals surface area (Å²) in [6.45, 7) is -0.559. The van der Waals surface area contributed by atoms with Gasteiger partial charge < -0.3 is 20.3 Å². The van der Waals surface area contributed by atoms with Gasteiger partial charge in [0.25, 0.3) is 5.95 Å². The van der Waals surface area contributed by atoms with Gasteiger partial charge in [0, 0.05) is 33.3 Å². The maximum Gasteiger partial charge on any atom is 0.416 e. The number of aromatic nitrogens is 4. The number of aryl methyl sites for hydroxylation is 1. The van der Waals surface area contributed by atoms with E-state index >= 15 is 0 Å². The monoisotopic (exact) mass is 653 g/mol. The number of tetrazole rings is 1. The molecule has 4 rings (SSSR count). The van der Waals surface area contributed by atoms with Gasteiger partial charge in [-0.3, -0.25) is 0 Å². The van der Waals surface area contributed by atoms with E-state index in [1.807, 2.05) is 0 Å². The third kappa shape index (κ3) is 8.15. The molecule has 1 aromatic heterocycles. The highest BCUT2D eigenvalue weighted by molar-refractivity contribution is 5.72. The van der Waals surface area contributed by atoms with Gasteiger partial charge in [-0.05, 0) is 71.0 Å². The van der Waals surface area contributed by atoms with Crippen molar-refractivity contribution in [2.45, 2.75) is 50.6 Å². The van der Waals surface area contributed by atoms with Crippen LogP contribution in [-0.2, 0) is 43.4 Å². The standard InChI is InChI=1S/C27H28F9N7O2/c1-41-39-24(38-40-41)43(13-15-9-19(26(31,32)33)12-20(10-15)27(34,35)36)14-17-11-18(25(28,29)30)3-4-21(17)22(45-2)16-5-7-42(8-6-16)23(37)44/h3-4,9-12,16,22H,5-8,13-14H2,1-2H3,(H2,37,44). The molecular weight excluding hydrogens is 625 g/mol. The third-order valence-corrected chi connectivity index (χ3v) is 7.47. The van der Waals surface area contributed by atoms with Crippen LogP contribution in [0.15, 0.2) is 36.4 Å². The molecule has 0 saturated carbocycles. The highest BCUT2D eigenvalue weighted by atomic mass is 19.4. The normalized spacial score (nSPS) is 15.8. The quantitative estimate of drug-likeness (QED) is 0.302. The van der Waals surface area contributed by atoms with E-state index in [2.05, 4.69) is 15.4 Å². The molecule has 246 valence electrons. The maximum atomic E-state index is 13.8. The van der Waals surface area contributed by atoms with Crippen LogP contribution in [0.4, 0.5) is 50.3 Å². The van der Waals surface area contributed by atoms with Crippen LogP contribution in [0.25, 0.3) is 0 Å². The number of likely N-dealkylation sites (tertiary alicyclic amines) is 1. The van der Waals surface area contributed by atoms with Crippen LogP contribution < -0.4 is 10.6 Å². The summed E-state index contributed by atoms with van der Waals surface area (Å²) in [4.78, 5) is 15.1. The summed E-state index contributed by atoms with van der Waals surface area (Å²) in [5.41, 5.74) is 1.09. The van der Waals surface area contributed by atoms with Gasteiger partial charge in [0.2, 0.25) is 0 Å². The molecule has 1 unspecified atom stereocenters. The maximum absolute atomic E-state index is 13.8. The smallest absolute Gasteiger partial charge is 0.376 e. The summed E-state index contributed by atoms with van der Waals surface area (Å²) in [5.74, 6) is -0.516. The fourth-order valence-corrected chi connectivity index (χ4v) is 5.33. The fourth-order valence-electron chi connectivity index (χ4n) is 5.33. The SMILES string of the molecule is COC(c1ccc(C(F)(F)F)cc1CN(Cc1cc(C(F)(F)F)cc(C(F)(F)F)c1)c1nnn(C)n1)C1CCN(C(N)=O)CC1. The van der Waals surface area contributed by atoms with Crippen molar-refractivity contribution in [3.05, 3.63) is 69.8 Å². The Labute approximate surface area is 250 Å². The second-order valence-corrected chi connectivity index (χ2v) is 10.6. The molecule has 18 heteroatoms. The lowest BCUT2D eigenvalue weighted by Gasteiger charge is -2.36. The highest BCUT2D eigenvalue weighted by Gasteiger charge is 2.38. The number of hydrogen-bond acceptors (Lipinski definition) is 6. The van der Waals surface area contributed by atoms with Crippen molar-refractivity contribution >= 4 is 12.0 Å². The molecule has 0 aliphatic carbocycles. The Morgan fingerprint density at radius 3 is 1.98 bits per heavy atom. The third-order valence-electron chi connectivity index (χ3n) is 7.47. The van der Waals surface area contributed by atoms with E-state index in [9.17, 15) is 44.3 Å². The molecule has 1 aliphatic heterocycles. The van der Waals surface area contributed by atoms with E-state index in [4.69, 9.17) is 10.5 Å².